The van der Waals surface area contributed by atoms with Gasteiger partial charge in [-0.2, -0.15) is 5.10 Å². The number of aromatic hydroxyl groups is 1. The molecule has 0 bridgehead atoms. The molecule has 0 spiro atoms. The van der Waals surface area contributed by atoms with Crippen molar-refractivity contribution in [1.29, 1.82) is 0 Å². The smallest absolute Gasteiger partial charge is 0.313 e. The molecule has 128 valence electrons. The van der Waals surface area contributed by atoms with Gasteiger partial charge in [0.25, 0.3) is 0 Å². The highest BCUT2D eigenvalue weighted by Crippen LogP contribution is 2.36. The average molecular weight is 346 g/mol. The quantitative estimate of drug-likeness (QED) is 0.447. The number of hydrogen-bond acceptors (Lipinski definition) is 5. The van der Waals surface area contributed by atoms with Gasteiger partial charge in [-0.15, -0.1) is 0 Å². The van der Waals surface area contributed by atoms with Crippen LogP contribution in [0.15, 0.2) is 60.8 Å². The molecule has 7 heteroatoms. The predicted molar refractivity (Wildman–Crippen MR) is 97.4 cm³/mol. The lowest BCUT2D eigenvalue weighted by atomic mass is 10.0. The van der Waals surface area contributed by atoms with E-state index in [0.717, 1.165) is 10.8 Å². The lowest BCUT2D eigenvalue weighted by molar-refractivity contribution is -0.384. The van der Waals surface area contributed by atoms with E-state index in [4.69, 9.17) is 0 Å². The molecule has 26 heavy (non-hydrogen) atoms. The lowest BCUT2D eigenvalue weighted by Gasteiger charge is -2.07. The first kappa shape index (κ1) is 15.8. The summed E-state index contributed by atoms with van der Waals surface area (Å²) in [6.45, 7) is 1.79. The van der Waals surface area contributed by atoms with Gasteiger partial charge in [-0.1, -0.05) is 30.3 Å². The number of aromatic nitrogens is 3. The molecule has 0 unspecified atom stereocenters. The van der Waals surface area contributed by atoms with Gasteiger partial charge in [0.15, 0.2) is 0 Å². The standard InChI is InChI=1S/C19H14N4O3/c1-12-11-15(18-14-6-3-2-5-13(14)8-9-17(18)24)21-22(12)19-16(23(25)26)7-4-10-20-19/h2-11,24H,1H3. The molecule has 4 rings (SSSR count). The third-order valence-corrected chi connectivity index (χ3v) is 4.21. The average Bonchev–Trinajstić information content (AvgIpc) is 3.02. The molecule has 0 fully saturated rings. The monoisotopic (exact) mass is 346 g/mol. The van der Waals surface area contributed by atoms with Crippen LogP contribution in [-0.2, 0) is 0 Å². The summed E-state index contributed by atoms with van der Waals surface area (Å²) < 4.78 is 1.43. The van der Waals surface area contributed by atoms with Crippen molar-refractivity contribution in [3.8, 4) is 22.8 Å². The molecule has 1 N–H and O–H groups in total. The number of phenols is 1. The Bertz CT molecular complexity index is 1150. The highest BCUT2D eigenvalue weighted by atomic mass is 16.6. The van der Waals surface area contributed by atoms with Gasteiger partial charge in [-0.25, -0.2) is 9.67 Å². The van der Waals surface area contributed by atoms with Crippen molar-refractivity contribution in [3.63, 3.8) is 0 Å². The molecular formula is C19H14N4O3. The highest BCUT2D eigenvalue weighted by molar-refractivity contribution is 5.98. The molecule has 0 aliphatic carbocycles. The van der Waals surface area contributed by atoms with E-state index in [1.54, 1.807) is 19.1 Å². The Morgan fingerprint density at radius 1 is 1.12 bits per heavy atom. The van der Waals surface area contributed by atoms with Crippen molar-refractivity contribution in [2.45, 2.75) is 6.92 Å². The number of phenolic OH excluding ortho intramolecular Hbond substituents is 1. The SMILES string of the molecule is Cc1cc(-c2c(O)ccc3ccccc23)nn1-c1ncccc1[N+](=O)[O-]. The second-order valence-electron chi connectivity index (χ2n) is 5.87. The van der Waals surface area contributed by atoms with E-state index in [1.807, 2.05) is 30.3 Å². The van der Waals surface area contributed by atoms with Crippen LogP contribution in [0.4, 0.5) is 5.69 Å². The van der Waals surface area contributed by atoms with E-state index >= 15 is 0 Å². The van der Waals surface area contributed by atoms with E-state index in [9.17, 15) is 15.2 Å². The number of rotatable bonds is 3. The molecule has 0 atom stereocenters. The third-order valence-electron chi connectivity index (χ3n) is 4.21. The fraction of sp³-hybridized carbons (Fsp3) is 0.0526. The molecular weight excluding hydrogens is 332 g/mol. The van der Waals surface area contributed by atoms with Gasteiger partial charge in [-0.3, -0.25) is 10.1 Å². The van der Waals surface area contributed by atoms with Crippen LogP contribution in [0.3, 0.4) is 0 Å². The molecule has 2 heterocycles. The largest absolute Gasteiger partial charge is 0.507 e. The van der Waals surface area contributed by atoms with Crippen molar-refractivity contribution in [3.05, 3.63) is 76.6 Å². The van der Waals surface area contributed by atoms with Crippen LogP contribution in [0.1, 0.15) is 5.69 Å². The Hall–Kier alpha value is -3.74. The molecule has 2 aromatic heterocycles. The van der Waals surface area contributed by atoms with Crippen LogP contribution in [-0.4, -0.2) is 24.8 Å². The minimum atomic E-state index is -0.488. The van der Waals surface area contributed by atoms with Gasteiger partial charge < -0.3 is 5.11 Å². The molecule has 7 nitrogen and oxygen atoms in total. The molecule has 0 saturated heterocycles. The Balaban J connectivity index is 1.95. The van der Waals surface area contributed by atoms with Crippen LogP contribution < -0.4 is 0 Å². The molecule has 4 aromatic rings. The Kier molecular flexibility index (Phi) is 3.62. The zero-order chi connectivity index (χ0) is 18.3. The second kappa shape index (κ2) is 5.96. The summed E-state index contributed by atoms with van der Waals surface area (Å²) in [7, 11) is 0. The van der Waals surface area contributed by atoms with Crippen molar-refractivity contribution in [2.75, 3.05) is 0 Å². The second-order valence-corrected chi connectivity index (χ2v) is 5.87. The van der Waals surface area contributed by atoms with Gasteiger partial charge >= 0.3 is 5.69 Å². The van der Waals surface area contributed by atoms with Crippen LogP contribution in [0.2, 0.25) is 0 Å². The molecule has 0 aliphatic heterocycles. The van der Waals surface area contributed by atoms with Gasteiger partial charge in [0, 0.05) is 18.0 Å². The molecule has 0 radical (unpaired) electrons. The number of fused-ring (bicyclic) bond motifs is 1. The maximum absolute atomic E-state index is 11.3. The van der Waals surface area contributed by atoms with E-state index in [2.05, 4.69) is 10.1 Å². The first-order valence-corrected chi connectivity index (χ1v) is 7.94. The summed E-state index contributed by atoms with van der Waals surface area (Å²) in [4.78, 5) is 14.9. The van der Waals surface area contributed by atoms with Crippen LogP contribution in [0.5, 0.6) is 5.75 Å². The first-order chi connectivity index (χ1) is 12.6. The van der Waals surface area contributed by atoms with Gasteiger partial charge in [-0.05, 0) is 35.9 Å². The summed E-state index contributed by atoms with van der Waals surface area (Å²) in [5.74, 6) is 0.241. The van der Waals surface area contributed by atoms with Gasteiger partial charge in [0.05, 0.1) is 16.2 Å². The zero-order valence-electron chi connectivity index (χ0n) is 13.8. The normalized spacial score (nSPS) is 11.0. The third kappa shape index (κ3) is 2.46. The van der Waals surface area contributed by atoms with Crippen molar-refractivity contribution < 1.29 is 10.0 Å². The number of pyridine rings is 1. The molecule has 2 aromatic carbocycles. The topological polar surface area (TPSA) is 94.1 Å². The molecule has 0 aliphatic rings. The summed E-state index contributed by atoms with van der Waals surface area (Å²) in [5.41, 5.74) is 1.65. The minimum absolute atomic E-state index is 0.101. The number of benzene rings is 2. The van der Waals surface area contributed by atoms with Gasteiger partial charge in [0.2, 0.25) is 5.82 Å². The zero-order valence-corrected chi connectivity index (χ0v) is 13.8. The fourth-order valence-electron chi connectivity index (χ4n) is 3.03. The Morgan fingerprint density at radius 2 is 1.92 bits per heavy atom. The van der Waals surface area contributed by atoms with Crippen molar-refractivity contribution in [1.82, 2.24) is 14.8 Å². The van der Waals surface area contributed by atoms with Crippen molar-refractivity contribution >= 4 is 16.5 Å². The summed E-state index contributed by atoms with van der Waals surface area (Å²) >= 11 is 0. The van der Waals surface area contributed by atoms with E-state index < -0.39 is 4.92 Å². The number of nitro groups is 1. The number of nitrogens with zero attached hydrogens (tertiary/aromatic N) is 4. The summed E-state index contributed by atoms with van der Waals surface area (Å²) in [5, 5.41) is 28.0. The van der Waals surface area contributed by atoms with E-state index in [1.165, 1.54) is 23.0 Å². The Labute approximate surface area is 148 Å². The molecule has 0 saturated carbocycles. The van der Waals surface area contributed by atoms with E-state index in [-0.39, 0.29) is 17.3 Å². The summed E-state index contributed by atoms with van der Waals surface area (Å²) in [6.07, 6.45) is 1.48. The highest BCUT2D eigenvalue weighted by Gasteiger charge is 2.21. The van der Waals surface area contributed by atoms with Crippen LogP contribution in [0, 0.1) is 17.0 Å². The maximum Gasteiger partial charge on any atom is 0.313 e. The number of aryl methyl sites for hydroxylation is 1. The van der Waals surface area contributed by atoms with Gasteiger partial charge in [0.1, 0.15) is 5.75 Å². The Morgan fingerprint density at radius 3 is 2.73 bits per heavy atom. The van der Waals surface area contributed by atoms with Crippen LogP contribution >= 0.6 is 0 Å². The lowest BCUT2D eigenvalue weighted by Crippen LogP contribution is -2.05. The first-order valence-electron chi connectivity index (χ1n) is 7.94. The number of hydrogen-bond donors (Lipinski definition) is 1. The van der Waals surface area contributed by atoms with Crippen molar-refractivity contribution in [2.24, 2.45) is 0 Å². The summed E-state index contributed by atoms with van der Waals surface area (Å²) in [6, 6.07) is 15.8. The predicted octanol–water partition coefficient (Wildman–Crippen LogP) is 4.01. The van der Waals surface area contributed by atoms with E-state index in [0.29, 0.717) is 17.0 Å². The fourth-order valence-corrected chi connectivity index (χ4v) is 3.03. The minimum Gasteiger partial charge on any atom is -0.507 e. The maximum atomic E-state index is 11.3. The van der Waals surface area contributed by atoms with Crippen LogP contribution in [0.25, 0.3) is 27.8 Å². The molecule has 0 amide bonds.